The second-order valence-electron chi connectivity index (χ2n) is 1.81. The first-order valence-electron chi connectivity index (χ1n) is 3.71. The van der Waals surface area contributed by atoms with Crippen LogP contribution in [0.5, 0.6) is 0 Å². The van der Waals surface area contributed by atoms with Gasteiger partial charge < -0.3 is 0 Å². The molecule has 58 valence electrons. The highest BCUT2D eigenvalue weighted by molar-refractivity contribution is 5.72. The molecule has 0 atom stereocenters. The highest BCUT2D eigenvalue weighted by atomic mass is 15.1. The lowest BCUT2D eigenvalue weighted by Gasteiger charge is -1.80. The largest absolute Gasteiger partial charge is 0.276 e. The predicted octanol–water partition coefficient (Wildman–Crippen LogP) is 1.98. The summed E-state index contributed by atoms with van der Waals surface area (Å²) in [5.41, 5.74) is 1.90. The molecule has 0 spiro atoms. The first-order valence-corrected chi connectivity index (χ1v) is 3.71. The average molecular weight is 149 g/mol. The number of hydrogen-bond donors (Lipinski definition) is 1. The Hall–Kier alpha value is -1.38. The Bertz CT molecular complexity index is 283. The Morgan fingerprint density at radius 2 is 2.18 bits per heavy atom. The number of rotatable bonds is 0. The maximum absolute atomic E-state index is 4.05. The summed E-state index contributed by atoms with van der Waals surface area (Å²) in [6.45, 7) is 4.00. The van der Waals surface area contributed by atoms with Gasteiger partial charge in [-0.3, -0.25) is 10.1 Å². The van der Waals surface area contributed by atoms with Crippen LogP contribution in [0.15, 0.2) is 24.5 Å². The van der Waals surface area contributed by atoms with Crippen LogP contribution >= 0.6 is 0 Å². The Kier molecular flexibility index (Phi) is 2.60. The van der Waals surface area contributed by atoms with E-state index in [2.05, 4.69) is 15.2 Å². The summed E-state index contributed by atoms with van der Waals surface area (Å²) in [6.07, 6.45) is 3.45. The fraction of sp³-hybridized carbons (Fsp3) is 0.250. The van der Waals surface area contributed by atoms with E-state index < -0.39 is 0 Å². The van der Waals surface area contributed by atoms with Gasteiger partial charge in [-0.15, -0.1) is 0 Å². The van der Waals surface area contributed by atoms with Crippen molar-refractivity contribution in [2.24, 2.45) is 0 Å². The second-order valence-corrected chi connectivity index (χ2v) is 1.81. The molecule has 3 nitrogen and oxygen atoms in total. The zero-order chi connectivity index (χ0) is 8.10. The van der Waals surface area contributed by atoms with Crippen molar-refractivity contribution < 1.29 is 0 Å². The molecule has 2 aromatic heterocycles. The van der Waals surface area contributed by atoms with Gasteiger partial charge in [-0.25, -0.2) is 0 Å². The summed E-state index contributed by atoms with van der Waals surface area (Å²) in [7, 11) is 0. The minimum Gasteiger partial charge on any atom is -0.276 e. The molecule has 0 fully saturated rings. The van der Waals surface area contributed by atoms with Crippen LogP contribution in [0.2, 0.25) is 0 Å². The molecule has 0 aliphatic rings. The van der Waals surface area contributed by atoms with Gasteiger partial charge in [-0.05, 0) is 12.1 Å². The van der Waals surface area contributed by atoms with E-state index in [1.165, 1.54) is 0 Å². The summed E-state index contributed by atoms with van der Waals surface area (Å²) < 4.78 is 0. The van der Waals surface area contributed by atoms with E-state index in [0.29, 0.717) is 0 Å². The smallest absolute Gasteiger partial charge is 0.108 e. The number of fused-ring (bicyclic) bond motifs is 1. The van der Waals surface area contributed by atoms with Crippen LogP contribution in [0.1, 0.15) is 13.8 Å². The van der Waals surface area contributed by atoms with E-state index in [-0.39, 0.29) is 0 Å². The first-order chi connectivity index (χ1) is 5.47. The van der Waals surface area contributed by atoms with Gasteiger partial charge in [0.25, 0.3) is 0 Å². The Labute approximate surface area is 65.5 Å². The molecule has 3 heteroatoms. The second kappa shape index (κ2) is 3.71. The molecule has 0 unspecified atom stereocenters. The molecule has 2 heterocycles. The molecule has 0 aromatic carbocycles. The Balaban J connectivity index is 0.000000281. The quantitative estimate of drug-likeness (QED) is 0.622. The highest BCUT2D eigenvalue weighted by Gasteiger charge is 1.89. The summed E-state index contributed by atoms with van der Waals surface area (Å²) in [6, 6.07) is 3.82. The maximum atomic E-state index is 4.05. The monoisotopic (exact) mass is 149 g/mol. The molecule has 0 saturated carbocycles. The van der Waals surface area contributed by atoms with E-state index in [1.807, 2.05) is 26.0 Å². The minimum absolute atomic E-state index is 0.914. The number of nitrogens with zero attached hydrogens (tertiary/aromatic N) is 2. The lowest BCUT2D eigenvalue weighted by molar-refractivity contribution is 1.12. The van der Waals surface area contributed by atoms with E-state index in [1.54, 1.807) is 12.4 Å². The van der Waals surface area contributed by atoms with Gasteiger partial charge in [0.05, 0.1) is 11.7 Å². The molecule has 0 amide bonds. The average Bonchev–Trinajstić information content (AvgIpc) is 2.55. The van der Waals surface area contributed by atoms with Crippen LogP contribution in [-0.2, 0) is 0 Å². The van der Waals surface area contributed by atoms with Crippen LogP contribution < -0.4 is 0 Å². The van der Waals surface area contributed by atoms with Crippen molar-refractivity contribution in [1.82, 2.24) is 15.2 Å². The predicted molar refractivity (Wildman–Crippen MR) is 45.2 cm³/mol. The molecular weight excluding hydrogens is 138 g/mol. The SMILES string of the molecule is CC.c1cnc2cn[nH]c2c1. The Morgan fingerprint density at radius 3 is 2.91 bits per heavy atom. The molecule has 2 rings (SSSR count). The van der Waals surface area contributed by atoms with Gasteiger partial charge in [0.1, 0.15) is 5.52 Å². The first kappa shape index (κ1) is 7.72. The van der Waals surface area contributed by atoms with Crippen molar-refractivity contribution in [3.63, 3.8) is 0 Å². The molecule has 11 heavy (non-hydrogen) atoms. The van der Waals surface area contributed by atoms with Crippen LogP contribution in [-0.4, -0.2) is 15.2 Å². The van der Waals surface area contributed by atoms with E-state index in [4.69, 9.17) is 0 Å². The number of nitrogens with one attached hydrogen (secondary N) is 1. The lowest BCUT2D eigenvalue weighted by Crippen LogP contribution is -1.69. The summed E-state index contributed by atoms with van der Waals surface area (Å²) >= 11 is 0. The van der Waals surface area contributed by atoms with E-state index >= 15 is 0 Å². The molecular formula is C8H11N3. The number of hydrogen-bond acceptors (Lipinski definition) is 2. The van der Waals surface area contributed by atoms with E-state index in [0.717, 1.165) is 11.0 Å². The fourth-order valence-corrected chi connectivity index (χ4v) is 0.778. The molecule has 0 aliphatic carbocycles. The topological polar surface area (TPSA) is 41.6 Å². The third-order valence-electron chi connectivity index (χ3n) is 1.21. The van der Waals surface area contributed by atoms with Crippen molar-refractivity contribution in [1.29, 1.82) is 0 Å². The number of aromatic nitrogens is 3. The van der Waals surface area contributed by atoms with Crippen molar-refractivity contribution in [2.75, 3.05) is 0 Å². The molecule has 0 radical (unpaired) electrons. The van der Waals surface area contributed by atoms with Crippen molar-refractivity contribution in [3.05, 3.63) is 24.5 Å². The van der Waals surface area contributed by atoms with Crippen LogP contribution in [0.3, 0.4) is 0 Å². The third kappa shape index (κ3) is 1.55. The van der Waals surface area contributed by atoms with Gasteiger partial charge in [0.15, 0.2) is 0 Å². The zero-order valence-electron chi connectivity index (χ0n) is 6.70. The van der Waals surface area contributed by atoms with Crippen LogP contribution in [0.4, 0.5) is 0 Å². The summed E-state index contributed by atoms with van der Waals surface area (Å²) in [5, 5.41) is 6.62. The van der Waals surface area contributed by atoms with Gasteiger partial charge in [-0.1, -0.05) is 13.8 Å². The standard InChI is InChI=1S/C6H5N3.C2H6/c1-2-5-6(7-3-1)4-8-9-5;1-2/h1-4H,(H,8,9);1-2H3. The van der Waals surface area contributed by atoms with Crippen molar-refractivity contribution in [3.8, 4) is 0 Å². The van der Waals surface area contributed by atoms with Crippen molar-refractivity contribution in [2.45, 2.75) is 13.8 Å². The van der Waals surface area contributed by atoms with E-state index in [9.17, 15) is 0 Å². The lowest BCUT2D eigenvalue weighted by atomic mass is 10.4. The molecule has 1 N–H and O–H groups in total. The fourth-order valence-electron chi connectivity index (χ4n) is 0.778. The highest BCUT2D eigenvalue weighted by Crippen LogP contribution is 2.02. The van der Waals surface area contributed by atoms with Gasteiger partial charge in [0, 0.05) is 6.20 Å². The summed E-state index contributed by atoms with van der Waals surface area (Å²) in [4.78, 5) is 4.05. The van der Waals surface area contributed by atoms with Gasteiger partial charge in [-0.2, -0.15) is 5.10 Å². The number of H-pyrrole nitrogens is 1. The normalized spacial score (nSPS) is 8.91. The number of aromatic amines is 1. The van der Waals surface area contributed by atoms with Crippen LogP contribution in [0, 0.1) is 0 Å². The zero-order valence-corrected chi connectivity index (χ0v) is 6.70. The van der Waals surface area contributed by atoms with Gasteiger partial charge in [0.2, 0.25) is 0 Å². The van der Waals surface area contributed by atoms with Crippen LogP contribution in [0.25, 0.3) is 11.0 Å². The third-order valence-corrected chi connectivity index (χ3v) is 1.21. The molecule has 0 aliphatic heterocycles. The summed E-state index contributed by atoms with van der Waals surface area (Å²) in [5.74, 6) is 0. The molecule has 0 bridgehead atoms. The van der Waals surface area contributed by atoms with Gasteiger partial charge >= 0.3 is 0 Å². The maximum Gasteiger partial charge on any atom is 0.108 e. The molecule has 0 saturated heterocycles. The van der Waals surface area contributed by atoms with Crippen molar-refractivity contribution >= 4 is 11.0 Å². The molecule has 2 aromatic rings. The number of pyridine rings is 1. The Morgan fingerprint density at radius 1 is 1.36 bits per heavy atom. The minimum atomic E-state index is 0.914.